The Morgan fingerprint density at radius 1 is 1.26 bits per heavy atom. The van der Waals surface area contributed by atoms with E-state index in [1.807, 2.05) is 32.9 Å². The zero-order valence-corrected chi connectivity index (χ0v) is 14.0. The average molecular weight is 319 g/mol. The maximum atomic E-state index is 12.2. The smallest absolute Gasteiger partial charge is 0.246 e. The van der Waals surface area contributed by atoms with E-state index in [2.05, 4.69) is 10.2 Å². The second-order valence-corrected chi connectivity index (χ2v) is 6.11. The van der Waals surface area contributed by atoms with Crippen molar-refractivity contribution in [3.8, 4) is 0 Å². The summed E-state index contributed by atoms with van der Waals surface area (Å²) in [6.07, 6.45) is 3.23. The van der Waals surface area contributed by atoms with Gasteiger partial charge in [-0.2, -0.15) is 0 Å². The Hall–Kier alpha value is -2.08. The van der Waals surface area contributed by atoms with Gasteiger partial charge in [0.1, 0.15) is 11.5 Å². The summed E-state index contributed by atoms with van der Waals surface area (Å²) in [7, 11) is 0. The number of carbonyl (C=O) groups is 2. The van der Waals surface area contributed by atoms with Gasteiger partial charge in [-0.05, 0) is 39.0 Å². The maximum absolute atomic E-state index is 12.2. The van der Waals surface area contributed by atoms with Crippen molar-refractivity contribution in [3.63, 3.8) is 0 Å². The molecule has 2 heterocycles. The molecule has 0 unspecified atom stereocenters. The van der Waals surface area contributed by atoms with Crippen molar-refractivity contribution in [1.29, 1.82) is 0 Å². The highest BCUT2D eigenvalue weighted by Gasteiger charge is 2.21. The quantitative estimate of drug-likeness (QED) is 0.830. The Balaban J connectivity index is 1.76. The van der Waals surface area contributed by atoms with E-state index in [-0.39, 0.29) is 17.9 Å². The fourth-order valence-electron chi connectivity index (χ4n) is 2.50. The highest BCUT2D eigenvalue weighted by molar-refractivity contribution is 5.91. The zero-order chi connectivity index (χ0) is 16.8. The fraction of sp³-hybridized carbons (Fsp3) is 0.529. The van der Waals surface area contributed by atoms with Crippen LogP contribution < -0.4 is 5.32 Å². The molecule has 23 heavy (non-hydrogen) atoms. The van der Waals surface area contributed by atoms with Crippen molar-refractivity contribution in [2.45, 2.75) is 26.8 Å². The minimum atomic E-state index is -0.0228. The van der Waals surface area contributed by atoms with E-state index in [1.165, 1.54) is 0 Å². The van der Waals surface area contributed by atoms with Crippen molar-refractivity contribution in [1.82, 2.24) is 15.1 Å². The number of amides is 2. The van der Waals surface area contributed by atoms with Gasteiger partial charge in [0.2, 0.25) is 11.8 Å². The van der Waals surface area contributed by atoms with Gasteiger partial charge in [-0.15, -0.1) is 0 Å². The van der Waals surface area contributed by atoms with Crippen molar-refractivity contribution in [2.75, 3.05) is 32.7 Å². The zero-order valence-electron chi connectivity index (χ0n) is 14.0. The number of piperazine rings is 1. The predicted octanol–water partition coefficient (Wildman–Crippen LogP) is 1.27. The molecule has 0 spiro atoms. The maximum Gasteiger partial charge on any atom is 0.246 e. The topological polar surface area (TPSA) is 65.8 Å². The Kier molecular flexibility index (Phi) is 5.98. The number of nitrogens with zero attached hydrogens (tertiary/aromatic N) is 2. The lowest BCUT2D eigenvalue weighted by molar-refractivity contribution is -0.128. The second kappa shape index (κ2) is 7.97. The highest BCUT2D eigenvalue weighted by atomic mass is 16.3. The third-order valence-electron chi connectivity index (χ3n) is 3.65. The van der Waals surface area contributed by atoms with Crippen molar-refractivity contribution in [2.24, 2.45) is 0 Å². The Morgan fingerprint density at radius 3 is 2.52 bits per heavy atom. The van der Waals surface area contributed by atoms with E-state index in [1.54, 1.807) is 17.1 Å². The molecule has 1 aromatic heterocycles. The van der Waals surface area contributed by atoms with Crippen LogP contribution in [0.2, 0.25) is 0 Å². The van der Waals surface area contributed by atoms with E-state index < -0.39 is 0 Å². The van der Waals surface area contributed by atoms with Crippen LogP contribution in [-0.4, -0.2) is 60.4 Å². The van der Waals surface area contributed by atoms with Gasteiger partial charge in [-0.1, -0.05) is 0 Å². The Labute approximate surface area is 137 Å². The van der Waals surface area contributed by atoms with Crippen LogP contribution in [0.1, 0.15) is 25.4 Å². The molecule has 1 aromatic rings. The van der Waals surface area contributed by atoms with Crippen LogP contribution in [0, 0.1) is 6.92 Å². The lowest BCUT2D eigenvalue weighted by atomic mass is 10.3. The summed E-state index contributed by atoms with van der Waals surface area (Å²) >= 11 is 0. The number of hydrogen-bond acceptors (Lipinski definition) is 4. The van der Waals surface area contributed by atoms with Crippen molar-refractivity contribution < 1.29 is 14.0 Å². The molecule has 0 bridgehead atoms. The first-order chi connectivity index (χ1) is 10.9. The molecule has 2 amide bonds. The van der Waals surface area contributed by atoms with Crippen LogP contribution in [-0.2, 0) is 9.59 Å². The molecule has 0 saturated carbocycles. The first kappa shape index (κ1) is 17.3. The molecule has 1 saturated heterocycles. The Bertz CT molecular complexity index is 569. The summed E-state index contributed by atoms with van der Waals surface area (Å²) in [6, 6.07) is 3.86. The van der Waals surface area contributed by atoms with Gasteiger partial charge in [0, 0.05) is 38.3 Å². The standard InChI is InChI=1S/C17H25N3O3/c1-13(2)18-16(21)12-19-8-10-20(11-9-19)17(22)7-6-15-5-4-14(3)23-15/h4-7,13H,8-12H2,1-3H3,(H,18,21)/b7-6+. The lowest BCUT2D eigenvalue weighted by Gasteiger charge is -2.33. The molecular weight excluding hydrogens is 294 g/mol. The summed E-state index contributed by atoms with van der Waals surface area (Å²) in [6.45, 7) is 8.85. The molecule has 1 aliphatic rings. The SMILES string of the molecule is Cc1ccc(/C=C/C(=O)N2CCN(CC(=O)NC(C)C)CC2)o1. The molecule has 1 fully saturated rings. The highest BCUT2D eigenvalue weighted by Crippen LogP contribution is 2.09. The van der Waals surface area contributed by atoms with Gasteiger partial charge in [0.25, 0.3) is 0 Å². The molecule has 6 heteroatoms. The van der Waals surface area contributed by atoms with Gasteiger partial charge in [-0.25, -0.2) is 0 Å². The van der Waals surface area contributed by atoms with Crippen LogP contribution >= 0.6 is 0 Å². The molecule has 6 nitrogen and oxygen atoms in total. The van der Waals surface area contributed by atoms with Crippen LogP contribution in [0.4, 0.5) is 0 Å². The average Bonchev–Trinajstić information content (AvgIpc) is 2.90. The van der Waals surface area contributed by atoms with E-state index in [4.69, 9.17) is 4.42 Å². The Morgan fingerprint density at radius 2 is 1.96 bits per heavy atom. The molecule has 0 aliphatic carbocycles. The number of nitrogens with one attached hydrogen (secondary N) is 1. The van der Waals surface area contributed by atoms with Crippen LogP contribution in [0.3, 0.4) is 0 Å². The third kappa shape index (κ3) is 5.56. The predicted molar refractivity (Wildman–Crippen MR) is 88.8 cm³/mol. The molecule has 126 valence electrons. The van der Waals surface area contributed by atoms with Crippen molar-refractivity contribution >= 4 is 17.9 Å². The van der Waals surface area contributed by atoms with Gasteiger partial charge in [0.05, 0.1) is 6.54 Å². The monoisotopic (exact) mass is 319 g/mol. The van der Waals surface area contributed by atoms with Gasteiger partial charge < -0.3 is 14.6 Å². The van der Waals surface area contributed by atoms with E-state index in [0.717, 1.165) is 5.76 Å². The van der Waals surface area contributed by atoms with Crippen LogP contribution in [0.25, 0.3) is 6.08 Å². The third-order valence-corrected chi connectivity index (χ3v) is 3.65. The van der Waals surface area contributed by atoms with E-state index >= 15 is 0 Å². The second-order valence-electron chi connectivity index (χ2n) is 6.11. The number of carbonyl (C=O) groups excluding carboxylic acids is 2. The summed E-state index contributed by atoms with van der Waals surface area (Å²) < 4.78 is 5.40. The first-order valence-corrected chi connectivity index (χ1v) is 7.99. The molecule has 0 atom stereocenters. The van der Waals surface area contributed by atoms with Crippen LogP contribution in [0.15, 0.2) is 22.6 Å². The molecule has 1 aliphatic heterocycles. The summed E-state index contributed by atoms with van der Waals surface area (Å²) in [5, 5.41) is 2.88. The number of aryl methyl sites for hydroxylation is 1. The van der Waals surface area contributed by atoms with Crippen LogP contribution in [0.5, 0.6) is 0 Å². The number of rotatable bonds is 5. The summed E-state index contributed by atoms with van der Waals surface area (Å²) in [5.74, 6) is 1.52. The molecular formula is C17H25N3O3. The fourth-order valence-corrected chi connectivity index (χ4v) is 2.50. The normalized spacial score (nSPS) is 16.3. The largest absolute Gasteiger partial charge is 0.462 e. The van der Waals surface area contributed by atoms with E-state index in [0.29, 0.717) is 38.5 Å². The minimum Gasteiger partial charge on any atom is -0.462 e. The van der Waals surface area contributed by atoms with Gasteiger partial charge >= 0.3 is 0 Å². The first-order valence-electron chi connectivity index (χ1n) is 7.99. The minimum absolute atomic E-state index is 0.0228. The number of furan rings is 1. The molecule has 0 radical (unpaired) electrons. The molecule has 2 rings (SSSR count). The molecule has 1 N–H and O–H groups in total. The molecule has 0 aromatic carbocycles. The number of hydrogen-bond donors (Lipinski definition) is 1. The summed E-state index contributed by atoms with van der Waals surface area (Å²) in [5.41, 5.74) is 0. The van der Waals surface area contributed by atoms with Crippen molar-refractivity contribution in [3.05, 3.63) is 29.7 Å². The summed E-state index contributed by atoms with van der Waals surface area (Å²) in [4.78, 5) is 27.8. The lowest BCUT2D eigenvalue weighted by Crippen LogP contribution is -2.51. The van der Waals surface area contributed by atoms with Gasteiger partial charge in [0.15, 0.2) is 0 Å². The van der Waals surface area contributed by atoms with E-state index in [9.17, 15) is 9.59 Å². The van der Waals surface area contributed by atoms with Gasteiger partial charge in [-0.3, -0.25) is 14.5 Å².